The van der Waals surface area contributed by atoms with Crippen LogP contribution < -0.4 is 4.90 Å². The molecule has 1 aromatic rings. The second kappa shape index (κ2) is 4.08. The van der Waals surface area contributed by atoms with Crippen LogP contribution in [0.4, 0.5) is 5.82 Å². The zero-order valence-corrected chi connectivity index (χ0v) is 9.33. The van der Waals surface area contributed by atoms with Crippen LogP contribution in [0.25, 0.3) is 0 Å². The van der Waals surface area contributed by atoms with Gasteiger partial charge in [0.05, 0.1) is 5.56 Å². The summed E-state index contributed by atoms with van der Waals surface area (Å²) in [5.41, 5.74) is 0.493. The van der Waals surface area contributed by atoms with Crippen LogP contribution in [0.1, 0.15) is 24.8 Å². The second-order valence-corrected chi connectivity index (χ2v) is 4.18. The van der Waals surface area contributed by atoms with E-state index in [9.17, 15) is 0 Å². The van der Waals surface area contributed by atoms with Gasteiger partial charge in [-0.1, -0.05) is 11.6 Å². The normalized spacial score (nSPS) is 15.5. The summed E-state index contributed by atoms with van der Waals surface area (Å²) in [6.07, 6.45) is 5.27. The van der Waals surface area contributed by atoms with E-state index in [2.05, 4.69) is 16.0 Å². The first-order valence-corrected chi connectivity index (χ1v) is 5.39. The van der Waals surface area contributed by atoms with Crippen molar-refractivity contribution in [2.45, 2.75) is 25.3 Å². The number of hydrogen-bond donors (Lipinski definition) is 0. The minimum Gasteiger partial charge on any atom is -0.355 e. The maximum absolute atomic E-state index is 8.85. The molecule has 3 nitrogen and oxygen atoms in total. The van der Waals surface area contributed by atoms with E-state index >= 15 is 0 Å². The molecule has 0 unspecified atom stereocenters. The summed E-state index contributed by atoms with van der Waals surface area (Å²) in [6.45, 7) is 0. The monoisotopic (exact) mass is 221 g/mol. The molecular formula is C11H12ClN3. The fourth-order valence-electron chi connectivity index (χ4n) is 1.71. The summed E-state index contributed by atoms with van der Waals surface area (Å²) in [6, 6.07) is 4.24. The van der Waals surface area contributed by atoms with Crippen molar-refractivity contribution >= 4 is 17.4 Å². The highest BCUT2D eigenvalue weighted by atomic mass is 35.5. The molecule has 0 aliphatic heterocycles. The maximum atomic E-state index is 8.85. The zero-order valence-electron chi connectivity index (χ0n) is 8.57. The number of pyridine rings is 1. The fourth-order valence-corrected chi connectivity index (χ4v) is 2.00. The fraction of sp³-hybridized carbons (Fsp3) is 0.455. The molecule has 0 saturated heterocycles. The third-order valence-electron chi connectivity index (χ3n) is 2.95. The highest BCUT2D eigenvalue weighted by Gasteiger charge is 2.24. The number of hydrogen-bond acceptors (Lipinski definition) is 3. The van der Waals surface area contributed by atoms with Gasteiger partial charge in [0.2, 0.25) is 0 Å². The van der Waals surface area contributed by atoms with E-state index in [4.69, 9.17) is 16.9 Å². The van der Waals surface area contributed by atoms with Crippen LogP contribution in [0.2, 0.25) is 5.02 Å². The van der Waals surface area contributed by atoms with Crippen molar-refractivity contribution in [3.05, 3.63) is 22.8 Å². The van der Waals surface area contributed by atoms with Gasteiger partial charge in [-0.25, -0.2) is 4.98 Å². The Kier molecular flexibility index (Phi) is 2.79. The van der Waals surface area contributed by atoms with Crippen LogP contribution in [0.3, 0.4) is 0 Å². The predicted molar refractivity (Wildman–Crippen MR) is 60.0 cm³/mol. The Bertz CT molecular complexity index is 407. The van der Waals surface area contributed by atoms with Crippen LogP contribution in [-0.4, -0.2) is 18.1 Å². The topological polar surface area (TPSA) is 39.9 Å². The van der Waals surface area contributed by atoms with E-state index in [1.807, 2.05) is 7.05 Å². The molecule has 4 heteroatoms. The lowest BCUT2D eigenvalue weighted by molar-refractivity contribution is 0.399. The molecule has 1 fully saturated rings. The van der Waals surface area contributed by atoms with E-state index in [0.29, 0.717) is 16.6 Å². The van der Waals surface area contributed by atoms with Crippen molar-refractivity contribution in [1.29, 1.82) is 5.26 Å². The van der Waals surface area contributed by atoms with Gasteiger partial charge in [0.1, 0.15) is 16.9 Å². The average molecular weight is 222 g/mol. The summed E-state index contributed by atoms with van der Waals surface area (Å²) in [5, 5.41) is 9.32. The number of halogens is 1. The first-order valence-electron chi connectivity index (χ1n) is 5.01. The quantitative estimate of drug-likeness (QED) is 0.771. The maximum Gasteiger partial charge on any atom is 0.148 e. The molecule has 1 heterocycles. The van der Waals surface area contributed by atoms with Crippen molar-refractivity contribution in [3.63, 3.8) is 0 Å². The smallest absolute Gasteiger partial charge is 0.148 e. The van der Waals surface area contributed by atoms with Gasteiger partial charge in [-0.3, -0.25) is 0 Å². The van der Waals surface area contributed by atoms with E-state index in [-0.39, 0.29) is 0 Å². The Hall–Kier alpha value is -1.27. The van der Waals surface area contributed by atoms with Crippen LogP contribution in [-0.2, 0) is 0 Å². The third-order valence-corrected chi connectivity index (χ3v) is 3.32. The standard InChI is InChI=1S/C11H12ClN3/c1-15(9-3-2-4-9)11-10(12)8(7-13)5-6-14-11/h5-6,9H,2-4H2,1H3. The largest absolute Gasteiger partial charge is 0.355 e. The number of anilines is 1. The SMILES string of the molecule is CN(c1nccc(C#N)c1Cl)C1CCC1. The summed E-state index contributed by atoms with van der Waals surface area (Å²) in [5.74, 6) is 0.723. The molecule has 1 aliphatic rings. The third kappa shape index (κ3) is 1.78. The Morgan fingerprint density at radius 1 is 1.60 bits per heavy atom. The van der Waals surface area contributed by atoms with Gasteiger partial charge in [0.25, 0.3) is 0 Å². The van der Waals surface area contributed by atoms with Gasteiger partial charge in [-0.2, -0.15) is 5.26 Å². The van der Waals surface area contributed by atoms with Crippen LogP contribution in [0, 0.1) is 11.3 Å². The Morgan fingerprint density at radius 2 is 2.33 bits per heavy atom. The van der Waals surface area contributed by atoms with E-state index in [1.165, 1.54) is 19.3 Å². The lowest BCUT2D eigenvalue weighted by Crippen LogP contribution is -2.37. The molecule has 1 saturated carbocycles. The molecule has 0 amide bonds. The van der Waals surface area contributed by atoms with Gasteiger partial charge in [-0.05, 0) is 25.3 Å². The van der Waals surface area contributed by atoms with Gasteiger partial charge in [-0.15, -0.1) is 0 Å². The molecule has 2 rings (SSSR count). The first-order chi connectivity index (χ1) is 7.24. The zero-order chi connectivity index (χ0) is 10.8. The highest BCUT2D eigenvalue weighted by Crippen LogP contribution is 2.32. The highest BCUT2D eigenvalue weighted by molar-refractivity contribution is 6.34. The molecule has 1 aliphatic carbocycles. The van der Waals surface area contributed by atoms with E-state index in [1.54, 1.807) is 12.3 Å². The molecule has 0 aromatic carbocycles. The van der Waals surface area contributed by atoms with Gasteiger partial charge in [0.15, 0.2) is 0 Å². The predicted octanol–water partition coefficient (Wildman–Crippen LogP) is 2.60. The summed E-state index contributed by atoms with van der Waals surface area (Å²) < 4.78 is 0. The first kappa shape index (κ1) is 10.3. The Balaban J connectivity index is 2.31. The second-order valence-electron chi connectivity index (χ2n) is 3.80. The van der Waals surface area contributed by atoms with Gasteiger partial charge < -0.3 is 4.90 Å². The minimum atomic E-state index is 0.467. The van der Waals surface area contributed by atoms with Gasteiger partial charge in [0, 0.05) is 19.3 Å². The van der Waals surface area contributed by atoms with Crippen LogP contribution in [0.15, 0.2) is 12.3 Å². The summed E-state index contributed by atoms with van der Waals surface area (Å²) in [4.78, 5) is 6.31. The van der Waals surface area contributed by atoms with Gasteiger partial charge >= 0.3 is 0 Å². The molecule has 0 N–H and O–H groups in total. The number of aromatic nitrogens is 1. The minimum absolute atomic E-state index is 0.467. The lowest BCUT2D eigenvalue weighted by atomic mass is 9.92. The molecular weight excluding hydrogens is 210 g/mol. The molecule has 0 spiro atoms. The molecule has 1 aromatic heterocycles. The summed E-state index contributed by atoms with van der Waals surface area (Å²) in [7, 11) is 1.99. The molecule has 78 valence electrons. The Labute approximate surface area is 94.3 Å². The molecule has 0 atom stereocenters. The molecule has 15 heavy (non-hydrogen) atoms. The number of rotatable bonds is 2. The van der Waals surface area contributed by atoms with Crippen LogP contribution in [0.5, 0.6) is 0 Å². The molecule has 0 bridgehead atoms. The van der Waals surface area contributed by atoms with Crippen molar-refractivity contribution < 1.29 is 0 Å². The number of nitriles is 1. The number of nitrogens with zero attached hydrogens (tertiary/aromatic N) is 3. The summed E-state index contributed by atoms with van der Waals surface area (Å²) >= 11 is 6.10. The lowest BCUT2D eigenvalue weighted by Gasteiger charge is -2.35. The van der Waals surface area contributed by atoms with E-state index in [0.717, 1.165) is 5.82 Å². The Morgan fingerprint density at radius 3 is 2.87 bits per heavy atom. The average Bonchev–Trinajstić information content (AvgIpc) is 2.15. The van der Waals surface area contributed by atoms with Crippen molar-refractivity contribution in [3.8, 4) is 6.07 Å². The van der Waals surface area contributed by atoms with Crippen molar-refractivity contribution in [1.82, 2.24) is 4.98 Å². The van der Waals surface area contributed by atoms with Crippen LogP contribution >= 0.6 is 11.6 Å². The van der Waals surface area contributed by atoms with Crippen molar-refractivity contribution in [2.75, 3.05) is 11.9 Å². The van der Waals surface area contributed by atoms with E-state index < -0.39 is 0 Å². The molecule has 0 radical (unpaired) electrons. The van der Waals surface area contributed by atoms with Crippen molar-refractivity contribution in [2.24, 2.45) is 0 Å².